The van der Waals surface area contributed by atoms with Gasteiger partial charge >= 0.3 is 0 Å². The molecule has 4 heterocycles. The van der Waals surface area contributed by atoms with E-state index in [0.29, 0.717) is 23.8 Å². The summed E-state index contributed by atoms with van der Waals surface area (Å²) in [7, 11) is 0. The molecule has 34 heavy (non-hydrogen) atoms. The lowest BCUT2D eigenvalue weighted by Gasteiger charge is -2.32. The molecule has 7 nitrogen and oxygen atoms in total. The SMILES string of the molecule is C=C(C(=O)N1Cc2nn3c(C)c(Cl)c(C)nc3c2C1)/C(=C\C(F)=C/C)OC1CCN(CC)CC1. The molecular formula is C25H31ClFN5O2. The summed E-state index contributed by atoms with van der Waals surface area (Å²) in [6, 6.07) is 0. The summed E-state index contributed by atoms with van der Waals surface area (Å²) in [4.78, 5) is 21.9. The van der Waals surface area contributed by atoms with Crippen molar-refractivity contribution in [2.45, 2.75) is 59.7 Å². The van der Waals surface area contributed by atoms with Crippen LogP contribution in [0.1, 0.15) is 49.3 Å². The number of hydrogen-bond donors (Lipinski definition) is 0. The second kappa shape index (κ2) is 9.88. The predicted octanol–water partition coefficient (Wildman–Crippen LogP) is 4.66. The fraction of sp³-hybridized carbons (Fsp3) is 0.480. The Labute approximate surface area is 204 Å². The molecule has 0 aromatic carbocycles. The van der Waals surface area contributed by atoms with Gasteiger partial charge in [-0.05, 0) is 40.2 Å². The van der Waals surface area contributed by atoms with Crippen molar-refractivity contribution in [1.82, 2.24) is 24.4 Å². The van der Waals surface area contributed by atoms with E-state index >= 15 is 0 Å². The maximum atomic E-state index is 14.2. The van der Waals surface area contributed by atoms with Crippen molar-refractivity contribution in [2.24, 2.45) is 0 Å². The summed E-state index contributed by atoms with van der Waals surface area (Å²) in [5, 5.41) is 5.21. The predicted molar refractivity (Wildman–Crippen MR) is 130 cm³/mol. The normalized spacial score (nSPS) is 18.0. The average Bonchev–Trinajstić information content (AvgIpc) is 3.40. The number of piperidine rings is 1. The van der Waals surface area contributed by atoms with Gasteiger partial charge in [-0.25, -0.2) is 13.9 Å². The van der Waals surface area contributed by atoms with Crippen LogP contribution in [0.4, 0.5) is 4.39 Å². The van der Waals surface area contributed by atoms with Gasteiger partial charge in [0.2, 0.25) is 0 Å². The van der Waals surface area contributed by atoms with Crippen molar-refractivity contribution in [1.29, 1.82) is 0 Å². The van der Waals surface area contributed by atoms with E-state index in [1.807, 2.05) is 13.8 Å². The van der Waals surface area contributed by atoms with E-state index in [1.54, 1.807) is 16.3 Å². The van der Waals surface area contributed by atoms with Crippen LogP contribution in [0.2, 0.25) is 5.02 Å². The van der Waals surface area contributed by atoms with Crippen molar-refractivity contribution in [3.63, 3.8) is 0 Å². The number of aryl methyl sites for hydroxylation is 2. The molecule has 1 saturated heterocycles. The van der Waals surface area contributed by atoms with Gasteiger partial charge in [0.05, 0.1) is 40.8 Å². The first-order valence-corrected chi connectivity index (χ1v) is 12.1. The Hall–Kier alpha value is -2.71. The van der Waals surface area contributed by atoms with Crippen LogP contribution in [0, 0.1) is 13.8 Å². The Balaban J connectivity index is 1.52. The molecule has 1 fully saturated rings. The Bertz CT molecular complexity index is 1190. The van der Waals surface area contributed by atoms with E-state index in [1.165, 1.54) is 12.2 Å². The molecule has 2 aliphatic heterocycles. The molecule has 1 amide bonds. The average molecular weight is 488 g/mol. The largest absolute Gasteiger partial charge is 0.489 e. The van der Waals surface area contributed by atoms with Gasteiger partial charge in [-0.3, -0.25) is 4.79 Å². The molecule has 0 spiro atoms. The molecule has 4 rings (SSSR count). The Kier molecular flexibility index (Phi) is 7.09. The molecule has 182 valence electrons. The van der Waals surface area contributed by atoms with Gasteiger partial charge < -0.3 is 14.5 Å². The van der Waals surface area contributed by atoms with E-state index in [0.717, 1.165) is 55.1 Å². The number of amides is 1. The monoisotopic (exact) mass is 487 g/mol. The summed E-state index contributed by atoms with van der Waals surface area (Å²) < 4.78 is 22.1. The van der Waals surface area contributed by atoms with Crippen molar-refractivity contribution >= 4 is 23.2 Å². The van der Waals surface area contributed by atoms with Crippen molar-refractivity contribution < 1.29 is 13.9 Å². The lowest BCUT2D eigenvalue weighted by Crippen LogP contribution is -2.37. The van der Waals surface area contributed by atoms with Crippen molar-refractivity contribution in [3.05, 3.63) is 63.6 Å². The molecule has 0 N–H and O–H groups in total. The van der Waals surface area contributed by atoms with Crippen LogP contribution < -0.4 is 0 Å². The second-order valence-corrected chi connectivity index (χ2v) is 9.21. The number of carbonyl (C=O) groups is 1. The topological polar surface area (TPSA) is 63.0 Å². The Morgan fingerprint density at radius 3 is 2.65 bits per heavy atom. The smallest absolute Gasteiger partial charge is 0.257 e. The molecule has 2 aromatic rings. The summed E-state index contributed by atoms with van der Waals surface area (Å²) in [6.07, 6.45) is 4.16. The van der Waals surface area contributed by atoms with E-state index in [2.05, 4.69) is 28.5 Å². The minimum atomic E-state index is -0.468. The number of rotatable bonds is 6. The zero-order chi connectivity index (χ0) is 24.6. The van der Waals surface area contributed by atoms with E-state index in [-0.39, 0.29) is 23.3 Å². The highest BCUT2D eigenvalue weighted by molar-refractivity contribution is 6.31. The molecule has 9 heteroatoms. The number of halogens is 2. The highest BCUT2D eigenvalue weighted by atomic mass is 35.5. The highest BCUT2D eigenvalue weighted by Crippen LogP contribution is 2.31. The molecule has 0 radical (unpaired) electrons. The van der Waals surface area contributed by atoms with E-state index in [9.17, 15) is 9.18 Å². The number of hydrogen-bond acceptors (Lipinski definition) is 5. The minimum absolute atomic E-state index is 0.0804. The number of fused-ring (bicyclic) bond motifs is 3. The highest BCUT2D eigenvalue weighted by Gasteiger charge is 2.32. The maximum Gasteiger partial charge on any atom is 0.257 e. The molecule has 0 aliphatic carbocycles. The maximum absolute atomic E-state index is 14.2. The summed E-state index contributed by atoms with van der Waals surface area (Å²) >= 11 is 6.33. The molecule has 0 bridgehead atoms. The molecule has 0 saturated carbocycles. The zero-order valence-electron chi connectivity index (χ0n) is 20.2. The van der Waals surface area contributed by atoms with Gasteiger partial charge in [0.1, 0.15) is 17.7 Å². The van der Waals surface area contributed by atoms with Crippen molar-refractivity contribution in [3.8, 4) is 0 Å². The number of ether oxygens (including phenoxy) is 1. The quantitative estimate of drug-likeness (QED) is 0.337. The first kappa shape index (κ1) is 24.4. The summed E-state index contributed by atoms with van der Waals surface area (Å²) in [5.74, 6) is -0.588. The summed E-state index contributed by atoms with van der Waals surface area (Å²) in [6.45, 7) is 15.0. The van der Waals surface area contributed by atoms with Crippen LogP contribution in [-0.2, 0) is 22.6 Å². The second-order valence-electron chi connectivity index (χ2n) is 8.83. The van der Waals surface area contributed by atoms with Crippen LogP contribution in [0.3, 0.4) is 0 Å². The molecule has 0 atom stereocenters. The fourth-order valence-electron chi connectivity index (χ4n) is 4.48. The van der Waals surface area contributed by atoms with E-state index in [4.69, 9.17) is 16.3 Å². The van der Waals surface area contributed by atoms with Gasteiger partial charge in [-0.2, -0.15) is 5.10 Å². The standard InChI is InChI=1S/C25H31ClFN5O2/c1-6-18(27)12-22(34-19-8-10-30(7-2)11-9-19)15(3)25(33)31-13-20-21(14-31)29-32-17(5)23(26)16(4)28-24(20)32/h6,12,19H,3,7-11,13-14H2,1-2,4-5H3/b18-6+,22-12+. The number of nitrogens with zero attached hydrogens (tertiary/aromatic N) is 5. The first-order chi connectivity index (χ1) is 16.2. The van der Waals surface area contributed by atoms with Crippen LogP contribution in [0.5, 0.6) is 0 Å². The third kappa shape index (κ3) is 4.61. The third-order valence-corrected chi connectivity index (χ3v) is 7.17. The van der Waals surface area contributed by atoms with Gasteiger partial charge in [0.15, 0.2) is 5.65 Å². The number of aromatic nitrogens is 3. The van der Waals surface area contributed by atoms with Crippen LogP contribution in [-0.4, -0.2) is 56.0 Å². The molecule has 2 aliphatic rings. The van der Waals surface area contributed by atoms with Crippen LogP contribution >= 0.6 is 11.6 Å². The van der Waals surface area contributed by atoms with Gasteiger partial charge in [-0.15, -0.1) is 0 Å². The van der Waals surface area contributed by atoms with Crippen LogP contribution in [0.25, 0.3) is 5.65 Å². The van der Waals surface area contributed by atoms with Crippen LogP contribution in [0.15, 0.2) is 35.9 Å². The summed E-state index contributed by atoms with van der Waals surface area (Å²) in [5.41, 5.74) is 4.04. The lowest BCUT2D eigenvalue weighted by atomic mass is 10.1. The zero-order valence-corrected chi connectivity index (χ0v) is 21.0. The Morgan fingerprint density at radius 1 is 1.29 bits per heavy atom. The molecular weight excluding hydrogens is 457 g/mol. The van der Waals surface area contributed by atoms with Gasteiger partial charge in [-0.1, -0.05) is 31.2 Å². The molecule has 2 aromatic heterocycles. The van der Waals surface area contributed by atoms with Gasteiger partial charge in [0, 0.05) is 24.7 Å². The number of likely N-dealkylation sites (tertiary alicyclic amines) is 1. The third-order valence-electron chi connectivity index (χ3n) is 6.62. The number of carbonyl (C=O) groups excluding carboxylic acids is 1. The minimum Gasteiger partial charge on any atom is -0.489 e. The Morgan fingerprint density at radius 2 is 2.00 bits per heavy atom. The molecule has 0 unspecified atom stereocenters. The lowest BCUT2D eigenvalue weighted by molar-refractivity contribution is -0.128. The number of allylic oxidation sites excluding steroid dienone is 3. The fourth-order valence-corrected chi connectivity index (χ4v) is 4.60. The van der Waals surface area contributed by atoms with Gasteiger partial charge in [0.25, 0.3) is 5.91 Å². The first-order valence-electron chi connectivity index (χ1n) is 11.7. The van der Waals surface area contributed by atoms with E-state index < -0.39 is 5.83 Å². The van der Waals surface area contributed by atoms with Crippen molar-refractivity contribution in [2.75, 3.05) is 19.6 Å².